The Morgan fingerprint density at radius 2 is 1.62 bits per heavy atom. The van der Waals surface area contributed by atoms with E-state index in [1.807, 2.05) is 27.7 Å². The quantitative estimate of drug-likeness (QED) is 0.670. The summed E-state index contributed by atoms with van der Waals surface area (Å²) >= 11 is 0. The van der Waals surface area contributed by atoms with E-state index in [4.69, 9.17) is 14.2 Å². The van der Waals surface area contributed by atoms with Crippen LogP contribution < -0.4 is 0 Å². The molecule has 0 aromatic heterocycles. The van der Waals surface area contributed by atoms with Gasteiger partial charge in [-0.1, -0.05) is 0 Å². The topological polar surface area (TPSA) is 59.0 Å². The summed E-state index contributed by atoms with van der Waals surface area (Å²) in [5.41, 5.74) is 0. The van der Waals surface area contributed by atoms with E-state index in [1.54, 1.807) is 11.9 Å². The van der Waals surface area contributed by atoms with Gasteiger partial charge in [0, 0.05) is 6.54 Å². The van der Waals surface area contributed by atoms with E-state index in [0.717, 1.165) is 0 Å². The first-order valence-electron chi connectivity index (χ1n) is 5.54. The van der Waals surface area contributed by atoms with E-state index in [-0.39, 0.29) is 25.1 Å². The second-order valence-corrected chi connectivity index (χ2v) is 6.29. The fraction of sp³-hybridized carbons (Fsp3) is 1.00. The summed E-state index contributed by atoms with van der Waals surface area (Å²) in [4.78, 5) is 1.74. The number of hydrogen-bond acceptors (Lipinski definition) is 5. The van der Waals surface area contributed by atoms with Crippen LogP contribution in [-0.4, -0.2) is 48.7 Å². The molecular formula is C10H24NO4P. The van der Waals surface area contributed by atoms with Gasteiger partial charge in [-0.2, -0.15) is 0 Å². The minimum atomic E-state index is -3.10. The first-order valence-corrected chi connectivity index (χ1v) is 7.27. The third-order valence-corrected chi connectivity index (χ3v) is 3.95. The highest BCUT2D eigenvalue weighted by molar-refractivity contribution is 7.53. The maximum Gasteiger partial charge on any atom is 0.345 e. The van der Waals surface area contributed by atoms with Gasteiger partial charge in [-0.25, -0.2) is 0 Å². The molecule has 16 heavy (non-hydrogen) atoms. The molecule has 5 nitrogen and oxygen atoms in total. The van der Waals surface area contributed by atoms with Crippen molar-refractivity contribution in [3.05, 3.63) is 0 Å². The van der Waals surface area contributed by atoms with Crippen molar-refractivity contribution in [3.63, 3.8) is 0 Å². The standard InChI is InChI=1S/C10H24NO4P/c1-9(2)14-16(13,15-10(3)4)8-11(5)6-7-12/h9-10,12H,6-8H2,1-5H3. The van der Waals surface area contributed by atoms with Gasteiger partial charge in [0.25, 0.3) is 0 Å². The molecule has 0 rings (SSSR count). The Hall–Kier alpha value is 0.0700. The molecule has 0 saturated carbocycles. The summed E-state index contributed by atoms with van der Waals surface area (Å²) in [5.74, 6) is 0. The molecule has 0 saturated heterocycles. The van der Waals surface area contributed by atoms with Crippen LogP contribution in [0.1, 0.15) is 27.7 Å². The maximum absolute atomic E-state index is 12.4. The van der Waals surface area contributed by atoms with Gasteiger partial charge in [0.15, 0.2) is 0 Å². The van der Waals surface area contributed by atoms with E-state index in [2.05, 4.69) is 0 Å². The average molecular weight is 253 g/mol. The van der Waals surface area contributed by atoms with Crippen LogP contribution in [0.15, 0.2) is 0 Å². The number of nitrogens with zero attached hydrogens (tertiary/aromatic N) is 1. The molecule has 0 spiro atoms. The van der Waals surface area contributed by atoms with Crippen LogP contribution in [0.5, 0.6) is 0 Å². The predicted octanol–water partition coefficient (Wildman–Crippen LogP) is 1.91. The lowest BCUT2D eigenvalue weighted by molar-refractivity contribution is 0.130. The zero-order valence-corrected chi connectivity index (χ0v) is 11.7. The highest BCUT2D eigenvalue weighted by atomic mass is 31.2. The van der Waals surface area contributed by atoms with Gasteiger partial charge < -0.3 is 14.2 Å². The Bertz CT molecular complexity index is 219. The molecule has 0 fully saturated rings. The monoisotopic (exact) mass is 253 g/mol. The van der Waals surface area contributed by atoms with Gasteiger partial charge >= 0.3 is 7.60 Å². The number of aliphatic hydroxyl groups is 1. The number of hydrogen-bond donors (Lipinski definition) is 1. The normalized spacial score (nSPS) is 13.1. The third-order valence-electron chi connectivity index (χ3n) is 1.64. The summed E-state index contributed by atoms with van der Waals surface area (Å²) in [6, 6.07) is 0. The maximum atomic E-state index is 12.4. The lowest BCUT2D eigenvalue weighted by atomic mass is 10.5. The number of aliphatic hydroxyl groups excluding tert-OH is 1. The Balaban J connectivity index is 4.46. The molecule has 1 N–H and O–H groups in total. The lowest BCUT2D eigenvalue weighted by Crippen LogP contribution is -2.26. The van der Waals surface area contributed by atoms with E-state index in [1.165, 1.54) is 0 Å². The van der Waals surface area contributed by atoms with Crippen LogP contribution in [0, 0.1) is 0 Å². The van der Waals surface area contributed by atoms with E-state index >= 15 is 0 Å². The highest BCUT2D eigenvalue weighted by Crippen LogP contribution is 2.50. The molecule has 0 unspecified atom stereocenters. The van der Waals surface area contributed by atoms with E-state index in [9.17, 15) is 4.57 Å². The number of rotatable bonds is 8. The zero-order valence-electron chi connectivity index (χ0n) is 10.8. The van der Waals surface area contributed by atoms with Crippen LogP contribution in [-0.2, 0) is 13.6 Å². The molecule has 0 aromatic carbocycles. The summed E-state index contributed by atoms with van der Waals surface area (Å²) in [6.45, 7) is 7.77. The van der Waals surface area contributed by atoms with Crippen molar-refractivity contribution < 1.29 is 18.7 Å². The van der Waals surface area contributed by atoms with Crippen molar-refractivity contribution in [2.24, 2.45) is 0 Å². The largest absolute Gasteiger partial charge is 0.395 e. The molecule has 0 atom stereocenters. The minimum absolute atomic E-state index is 0.0276. The van der Waals surface area contributed by atoms with Crippen molar-refractivity contribution in [1.29, 1.82) is 0 Å². The molecule has 0 aromatic rings. The van der Waals surface area contributed by atoms with Gasteiger partial charge in [0.2, 0.25) is 0 Å². The second-order valence-electron chi connectivity index (χ2n) is 4.36. The molecule has 98 valence electrons. The Morgan fingerprint density at radius 1 is 1.19 bits per heavy atom. The molecule has 0 bridgehead atoms. The molecule has 0 aliphatic rings. The predicted molar refractivity (Wildman–Crippen MR) is 64.6 cm³/mol. The van der Waals surface area contributed by atoms with Crippen molar-refractivity contribution in [3.8, 4) is 0 Å². The van der Waals surface area contributed by atoms with Gasteiger partial charge in [0.05, 0.1) is 18.8 Å². The zero-order chi connectivity index (χ0) is 12.8. The summed E-state index contributed by atoms with van der Waals surface area (Å²) < 4.78 is 23.1. The summed E-state index contributed by atoms with van der Waals surface area (Å²) in [7, 11) is -1.33. The summed E-state index contributed by atoms with van der Waals surface area (Å²) in [6.07, 6.45) is -0.0941. The fourth-order valence-electron chi connectivity index (χ4n) is 1.27. The fourth-order valence-corrected chi connectivity index (χ4v) is 3.47. The van der Waals surface area contributed by atoms with Crippen molar-refractivity contribution in [1.82, 2.24) is 4.90 Å². The van der Waals surface area contributed by atoms with Gasteiger partial charge in [-0.3, -0.25) is 9.46 Å². The van der Waals surface area contributed by atoms with Gasteiger partial charge in [0.1, 0.15) is 6.29 Å². The Kier molecular flexibility index (Phi) is 7.44. The van der Waals surface area contributed by atoms with Crippen molar-refractivity contribution in [2.45, 2.75) is 39.9 Å². The Labute approximate surface area is 98.3 Å². The molecule has 0 amide bonds. The smallest absolute Gasteiger partial charge is 0.345 e. The summed E-state index contributed by atoms with van der Waals surface area (Å²) in [5, 5.41) is 8.78. The van der Waals surface area contributed by atoms with E-state index in [0.29, 0.717) is 6.54 Å². The minimum Gasteiger partial charge on any atom is -0.395 e. The van der Waals surface area contributed by atoms with Crippen molar-refractivity contribution in [2.75, 3.05) is 26.5 Å². The van der Waals surface area contributed by atoms with Crippen LogP contribution >= 0.6 is 7.60 Å². The van der Waals surface area contributed by atoms with Crippen LogP contribution in [0.2, 0.25) is 0 Å². The second kappa shape index (κ2) is 7.41. The third kappa shape index (κ3) is 7.36. The Morgan fingerprint density at radius 3 is 1.94 bits per heavy atom. The van der Waals surface area contributed by atoms with Crippen LogP contribution in [0.25, 0.3) is 0 Å². The molecule has 6 heteroatoms. The molecule has 0 aliphatic carbocycles. The average Bonchev–Trinajstić information content (AvgIpc) is 1.98. The molecule has 0 heterocycles. The van der Waals surface area contributed by atoms with Crippen LogP contribution in [0.4, 0.5) is 0 Å². The van der Waals surface area contributed by atoms with Crippen LogP contribution in [0.3, 0.4) is 0 Å². The number of likely N-dealkylation sites (N-methyl/N-ethyl adjacent to an activating group) is 1. The van der Waals surface area contributed by atoms with E-state index < -0.39 is 7.60 Å². The van der Waals surface area contributed by atoms with Gasteiger partial charge in [-0.05, 0) is 34.7 Å². The first-order chi connectivity index (χ1) is 7.29. The first kappa shape index (κ1) is 16.1. The molecular weight excluding hydrogens is 229 g/mol. The molecule has 0 aliphatic heterocycles. The highest BCUT2D eigenvalue weighted by Gasteiger charge is 2.29. The van der Waals surface area contributed by atoms with Crippen molar-refractivity contribution >= 4 is 7.60 Å². The lowest BCUT2D eigenvalue weighted by Gasteiger charge is -2.26. The SMILES string of the molecule is CC(C)OP(=O)(CN(C)CCO)OC(C)C. The van der Waals surface area contributed by atoms with Gasteiger partial charge in [-0.15, -0.1) is 0 Å². The molecule has 0 radical (unpaired) electrons.